The fourth-order valence-corrected chi connectivity index (χ4v) is 4.98. The van der Waals surface area contributed by atoms with E-state index in [1.807, 2.05) is 66.8 Å². The Morgan fingerprint density at radius 3 is 1.22 bits per heavy atom. The highest BCUT2D eigenvalue weighted by atomic mass is 16.6. The van der Waals surface area contributed by atoms with E-state index in [0.29, 0.717) is 12.8 Å². The quantitative estimate of drug-likeness (QED) is 0.0277. The van der Waals surface area contributed by atoms with E-state index in [1.165, 1.54) is 12.8 Å². The summed E-state index contributed by atoms with van der Waals surface area (Å²) in [4.78, 5) is 37.6. The van der Waals surface area contributed by atoms with Crippen molar-refractivity contribution < 1.29 is 28.6 Å². The van der Waals surface area contributed by atoms with Gasteiger partial charge in [-0.2, -0.15) is 0 Å². The number of carbonyl (C=O) groups excluding carboxylic acids is 3. The Balaban J connectivity index is 4.62. The van der Waals surface area contributed by atoms with Gasteiger partial charge in [-0.25, -0.2) is 0 Å². The molecule has 0 aliphatic rings. The predicted molar refractivity (Wildman–Crippen MR) is 233 cm³/mol. The van der Waals surface area contributed by atoms with E-state index in [9.17, 15) is 14.4 Å². The molecule has 1 unspecified atom stereocenters. The van der Waals surface area contributed by atoms with Crippen LogP contribution in [0.15, 0.2) is 122 Å². The van der Waals surface area contributed by atoms with Crippen LogP contribution < -0.4 is 0 Å². The number of esters is 3. The molecule has 306 valence electrons. The van der Waals surface area contributed by atoms with Crippen molar-refractivity contribution in [1.82, 2.24) is 0 Å². The summed E-state index contributed by atoms with van der Waals surface area (Å²) in [5, 5.41) is 0. The maximum Gasteiger partial charge on any atom is 0.306 e. The largest absolute Gasteiger partial charge is 0.462 e. The molecule has 55 heavy (non-hydrogen) atoms. The first-order valence-electron chi connectivity index (χ1n) is 21.2. The molecule has 0 aliphatic carbocycles. The summed E-state index contributed by atoms with van der Waals surface area (Å²) in [6, 6.07) is 0. The van der Waals surface area contributed by atoms with Gasteiger partial charge in [0, 0.05) is 19.3 Å². The first-order chi connectivity index (χ1) is 27.0. The van der Waals surface area contributed by atoms with Gasteiger partial charge < -0.3 is 14.2 Å². The molecule has 6 heteroatoms. The number of ether oxygens (including phenoxy) is 3. The fourth-order valence-electron chi connectivity index (χ4n) is 4.98. The van der Waals surface area contributed by atoms with E-state index in [0.717, 1.165) is 89.9 Å². The average molecular weight is 759 g/mol. The maximum absolute atomic E-state index is 12.7. The van der Waals surface area contributed by atoms with E-state index < -0.39 is 6.10 Å². The molecule has 0 aromatic rings. The predicted octanol–water partition coefficient (Wildman–Crippen LogP) is 13.4. The first kappa shape index (κ1) is 50.8. The van der Waals surface area contributed by atoms with Gasteiger partial charge in [-0.15, -0.1) is 0 Å². The van der Waals surface area contributed by atoms with Crippen LogP contribution in [0.5, 0.6) is 0 Å². The van der Waals surface area contributed by atoms with Crippen LogP contribution in [0.2, 0.25) is 0 Å². The van der Waals surface area contributed by atoms with Gasteiger partial charge in [0.05, 0.1) is 0 Å². The van der Waals surface area contributed by atoms with Crippen LogP contribution in [0.4, 0.5) is 0 Å². The lowest BCUT2D eigenvalue weighted by molar-refractivity contribution is -0.167. The van der Waals surface area contributed by atoms with Crippen molar-refractivity contribution in [2.75, 3.05) is 13.2 Å². The molecule has 6 nitrogen and oxygen atoms in total. The minimum absolute atomic E-state index is 0.128. The number of rotatable bonds is 35. The smallest absolute Gasteiger partial charge is 0.306 e. The molecule has 0 aliphatic heterocycles. The summed E-state index contributed by atoms with van der Waals surface area (Å²) in [5.74, 6) is -1.07. The highest BCUT2D eigenvalue weighted by Gasteiger charge is 2.19. The van der Waals surface area contributed by atoms with E-state index >= 15 is 0 Å². The normalized spacial score (nSPS) is 13.3. The van der Waals surface area contributed by atoms with Crippen LogP contribution in [-0.4, -0.2) is 37.2 Å². The second-order valence-electron chi connectivity index (χ2n) is 13.3. The van der Waals surface area contributed by atoms with Crippen molar-refractivity contribution in [2.45, 2.75) is 155 Å². The number of unbranched alkanes of at least 4 members (excludes halogenated alkanes) is 11. The summed E-state index contributed by atoms with van der Waals surface area (Å²) >= 11 is 0. The van der Waals surface area contributed by atoms with Gasteiger partial charge in [-0.05, 0) is 70.6 Å². The third-order valence-corrected chi connectivity index (χ3v) is 8.15. The number of carbonyl (C=O) groups is 3. The number of hydrogen-bond donors (Lipinski definition) is 0. The first-order valence-corrected chi connectivity index (χ1v) is 21.2. The molecule has 0 aromatic carbocycles. The highest BCUT2D eigenvalue weighted by molar-refractivity contribution is 5.71. The molecule has 0 radical (unpaired) electrons. The van der Waals surface area contributed by atoms with Gasteiger partial charge in [0.15, 0.2) is 6.10 Å². The van der Waals surface area contributed by atoms with Gasteiger partial charge in [0.2, 0.25) is 0 Å². The lowest BCUT2D eigenvalue weighted by Crippen LogP contribution is -2.30. The van der Waals surface area contributed by atoms with Crippen molar-refractivity contribution in [3.8, 4) is 0 Å². The molecular formula is C49H74O6. The molecule has 0 spiro atoms. The fraction of sp³-hybridized carbons (Fsp3) is 0.531. The van der Waals surface area contributed by atoms with Crippen LogP contribution in [0.25, 0.3) is 0 Å². The molecule has 0 heterocycles. The summed E-state index contributed by atoms with van der Waals surface area (Å²) in [7, 11) is 0. The SMILES string of the molecule is CC\C=C/C=C\C=C/C=C\C=C/CCCC(=O)OCC(COC(=O)CCCCC/C=C\C=C/CCCC)OC(=O)CCCCCCC\C=C/C=C\C=C/CC. The van der Waals surface area contributed by atoms with Crippen molar-refractivity contribution in [3.63, 3.8) is 0 Å². The summed E-state index contributed by atoms with van der Waals surface area (Å²) in [6.07, 6.45) is 57.6. The monoisotopic (exact) mass is 759 g/mol. The minimum atomic E-state index is -0.829. The van der Waals surface area contributed by atoms with Crippen LogP contribution in [-0.2, 0) is 28.6 Å². The second-order valence-corrected chi connectivity index (χ2v) is 13.3. The molecule has 0 amide bonds. The third kappa shape index (κ3) is 40.8. The molecule has 0 saturated heterocycles. The van der Waals surface area contributed by atoms with E-state index in [4.69, 9.17) is 14.2 Å². The summed E-state index contributed by atoms with van der Waals surface area (Å²) < 4.78 is 16.5. The zero-order valence-electron chi connectivity index (χ0n) is 34.6. The van der Waals surface area contributed by atoms with Crippen molar-refractivity contribution in [2.24, 2.45) is 0 Å². The number of allylic oxidation sites excluding steroid dienone is 20. The molecule has 0 bridgehead atoms. The van der Waals surface area contributed by atoms with E-state index in [1.54, 1.807) is 0 Å². The summed E-state index contributed by atoms with van der Waals surface area (Å²) in [6.45, 7) is 6.15. The molecule has 0 saturated carbocycles. The molecular weight excluding hydrogens is 685 g/mol. The lowest BCUT2D eigenvalue weighted by Gasteiger charge is -2.18. The number of hydrogen-bond acceptors (Lipinski definition) is 6. The zero-order chi connectivity index (χ0) is 40.1. The van der Waals surface area contributed by atoms with Gasteiger partial charge in [-0.3, -0.25) is 14.4 Å². The second kappa shape index (κ2) is 42.6. The standard InChI is InChI=1S/C49H74O6/c1-4-7-10-13-16-19-22-24-27-30-33-36-39-42-48(51)54-45-46(44-53-47(50)41-38-35-32-29-26-21-18-15-12-9-6-3)55-49(52)43-40-37-34-31-28-25-23-20-17-14-11-8-5-2/h7-8,10-11,13-24,26-27,30,33,46H,4-6,9,12,25,28-29,31-32,34-45H2,1-3H3/b10-7-,11-8-,16-13-,17-14-,18-15-,22-19-,23-20-,26-21-,27-24-,33-30-. The third-order valence-electron chi connectivity index (χ3n) is 8.15. The Labute approximate surface area is 335 Å². The van der Waals surface area contributed by atoms with Crippen molar-refractivity contribution in [1.29, 1.82) is 0 Å². The van der Waals surface area contributed by atoms with Crippen LogP contribution >= 0.6 is 0 Å². The maximum atomic E-state index is 12.7. The Hall–Kier alpha value is -4.19. The van der Waals surface area contributed by atoms with Crippen molar-refractivity contribution >= 4 is 17.9 Å². The zero-order valence-corrected chi connectivity index (χ0v) is 34.6. The molecule has 0 aromatic heterocycles. The average Bonchev–Trinajstić information content (AvgIpc) is 3.18. The molecule has 1 atom stereocenters. The molecule has 0 rings (SSSR count). The van der Waals surface area contributed by atoms with Gasteiger partial charge in [-0.1, -0.05) is 181 Å². The Bertz CT molecular complexity index is 1240. The molecule has 0 fully saturated rings. The van der Waals surface area contributed by atoms with Gasteiger partial charge >= 0.3 is 17.9 Å². The van der Waals surface area contributed by atoms with E-state index in [-0.39, 0.29) is 44.0 Å². The summed E-state index contributed by atoms with van der Waals surface area (Å²) in [5.41, 5.74) is 0. The topological polar surface area (TPSA) is 78.9 Å². The lowest BCUT2D eigenvalue weighted by atomic mass is 10.1. The van der Waals surface area contributed by atoms with Crippen LogP contribution in [0.3, 0.4) is 0 Å². The Morgan fingerprint density at radius 2 is 0.727 bits per heavy atom. The Morgan fingerprint density at radius 1 is 0.382 bits per heavy atom. The minimum Gasteiger partial charge on any atom is -0.462 e. The van der Waals surface area contributed by atoms with Crippen LogP contribution in [0.1, 0.15) is 149 Å². The van der Waals surface area contributed by atoms with Gasteiger partial charge in [0.1, 0.15) is 13.2 Å². The van der Waals surface area contributed by atoms with Crippen LogP contribution in [0, 0.1) is 0 Å². The van der Waals surface area contributed by atoms with Gasteiger partial charge in [0.25, 0.3) is 0 Å². The Kier molecular flexibility index (Phi) is 39.3. The van der Waals surface area contributed by atoms with E-state index in [2.05, 4.69) is 75.5 Å². The highest BCUT2D eigenvalue weighted by Crippen LogP contribution is 2.11. The molecule has 0 N–H and O–H groups in total. The van der Waals surface area contributed by atoms with Crippen molar-refractivity contribution in [3.05, 3.63) is 122 Å².